The number of nitrogens with zero attached hydrogens (tertiary/aromatic N) is 2. The highest BCUT2D eigenvalue weighted by Gasteiger charge is 2.34. The van der Waals surface area contributed by atoms with E-state index < -0.39 is 12.0 Å². The van der Waals surface area contributed by atoms with E-state index in [1.807, 2.05) is 0 Å². The lowest BCUT2D eigenvalue weighted by atomic mass is 10.0. The van der Waals surface area contributed by atoms with Crippen molar-refractivity contribution in [2.75, 3.05) is 0 Å². The van der Waals surface area contributed by atoms with Crippen LogP contribution < -0.4 is 0 Å². The van der Waals surface area contributed by atoms with Gasteiger partial charge in [0, 0.05) is 12.8 Å². The van der Waals surface area contributed by atoms with Crippen LogP contribution in [0.1, 0.15) is 24.7 Å². The Morgan fingerprint density at radius 3 is 3.06 bits per heavy atom. The molecule has 1 amide bonds. The van der Waals surface area contributed by atoms with Crippen molar-refractivity contribution in [2.24, 2.45) is 0 Å². The van der Waals surface area contributed by atoms with E-state index >= 15 is 0 Å². The first kappa shape index (κ1) is 10.7. The Bertz CT molecular complexity index is 427. The lowest BCUT2D eigenvalue weighted by Gasteiger charge is -2.32. The number of hydrogen-bond donors (Lipinski definition) is 2. The largest absolute Gasteiger partial charge is 0.480 e. The number of H-pyrrole nitrogens is 1. The van der Waals surface area contributed by atoms with Crippen LogP contribution in [0.25, 0.3) is 0 Å². The van der Waals surface area contributed by atoms with Gasteiger partial charge >= 0.3 is 5.97 Å². The summed E-state index contributed by atoms with van der Waals surface area (Å²) in [6.07, 6.45) is 2.12. The Labute approximate surface area is 92.3 Å². The number of aromatic nitrogens is 2. The van der Waals surface area contributed by atoms with Crippen LogP contribution in [0.5, 0.6) is 0 Å². The molecule has 6 nitrogen and oxygen atoms in total. The number of aliphatic carboxylic acids is 1. The third-order valence-corrected chi connectivity index (χ3v) is 2.81. The summed E-state index contributed by atoms with van der Waals surface area (Å²) in [5.41, 5.74) is 1.58. The van der Waals surface area contributed by atoms with E-state index in [9.17, 15) is 9.59 Å². The highest BCUT2D eigenvalue weighted by molar-refractivity contribution is 5.84. The summed E-state index contributed by atoms with van der Waals surface area (Å²) in [5, 5.41) is 9.08. The molecule has 1 aliphatic heterocycles. The van der Waals surface area contributed by atoms with E-state index in [0.717, 1.165) is 11.4 Å². The molecule has 0 aliphatic carbocycles. The quantitative estimate of drug-likeness (QED) is 0.747. The van der Waals surface area contributed by atoms with Gasteiger partial charge in [-0.2, -0.15) is 0 Å². The molecule has 0 saturated carbocycles. The molecule has 1 unspecified atom stereocenters. The van der Waals surface area contributed by atoms with Gasteiger partial charge in [0.1, 0.15) is 6.04 Å². The zero-order chi connectivity index (χ0) is 11.7. The molecule has 86 valence electrons. The highest BCUT2D eigenvalue weighted by atomic mass is 16.4. The molecule has 2 heterocycles. The average molecular weight is 223 g/mol. The van der Waals surface area contributed by atoms with E-state index in [2.05, 4.69) is 9.97 Å². The second-order valence-electron chi connectivity index (χ2n) is 3.76. The molecule has 2 N–H and O–H groups in total. The highest BCUT2D eigenvalue weighted by Crippen LogP contribution is 2.21. The fraction of sp³-hybridized carbons (Fsp3) is 0.500. The van der Waals surface area contributed by atoms with E-state index in [-0.39, 0.29) is 12.3 Å². The van der Waals surface area contributed by atoms with Gasteiger partial charge in [-0.3, -0.25) is 4.79 Å². The van der Waals surface area contributed by atoms with Gasteiger partial charge in [0.2, 0.25) is 5.91 Å². The molecule has 0 radical (unpaired) electrons. The van der Waals surface area contributed by atoms with E-state index in [1.54, 1.807) is 6.92 Å². The summed E-state index contributed by atoms with van der Waals surface area (Å²) < 4.78 is 0. The predicted molar refractivity (Wildman–Crippen MR) is 54.6 cm³/mol. The molecule has 1 aromatic rings. The van der Waals surface area contributed by atoms with Crippen LogP contribution in [-0.2, 0) is 22.6 Å². The zero-order valence-electron chi connectivity index (χ0n) is 8.93. The number of rotatable bonds is 2. The van der Waals surface area contributed by atoms with Gasteiger partial charge in [0.05, 0.1) is 24.3 Å². The van der Waals surface area contributed by atoms with Gasteiger partial charge in [0.15, 0.2) is 0 Å². The molecular formula is C10H13N3O3. The van der Waals surface area contributed by atoms with Crippen LogP contribution in [0.2, 0.25) is 0 Å². The zero-order valence-corrected chi connectivity index (χ0v) is 8.93. The Morgan fingerprint density at radius 2 is 2.44 bits per heavy atom. The maximum atomic E-state index is 11.6. The van der Waals surface area contributed by atoms with Crippen LogP contribution in [-0.4, -0.2) is 37.9 Å². The monoisotopic (exact) mass is 223 g/mol. The summed E-state index contributed by atoms with van der Waals surface area (Å²) in [6.45, 7) is 2.03. The van der Waals surface area contributed by atoms with E-state index in [0.29, 0.717) is 13.0 Å². The van der Waals surface area contributed by atoms with Crippen LogP contribution >= 0.6 is 0 Å². The van der Waals surface area contributed by atoms with Crippen molar-refractivity contribution in [3.8, 4) is 0 Å². The second kappa shape index (κ2) is 3.96. The van der Waals surface area contributed by atoms with Crippen molar-refractivity contribution in [3.05, 3.63) is 17.7 Å². The van der Waals surface area contributed by atoms with Crippen LogP contribution in [0.4, 0.5) is 0 Å². The topological polar surface area (TPSA) is 86.3 Å². The lowest BCUT2D eigenvalue weighted by molar-refractivity contribution is -0.151. The first-order valence-corrected chi connectivity index (χ1v) is 5.17. The van der Waals surface area contributed by atoms with Crippen molar-refractivity contribution in [1.82, 2.24) is 14.9 Å². The normalized spacial score (nSPS) is 19.3. The summed E-state index contributed by atoms with van der Waals surface area (Å²) in [6, 6.07) is -0.789. The minimum absolute atomic E-state index is 0.146. The van der Waals surface area contributed by atoms with E-state index in [1.165, 1.54) is 11.2 Å². The molecule has 0 saturated heterocycles. The van der Waals surface area contributed by atoms with E-state index in [4.69, 9.17) is 5.11 Å². The Kier molecular flexibility index (Phi) is 2.64. The molecule has 0 bridgehead atoms. The minimum atomic E-state index is -0.976. The molecule has 0 spiro atoms. The summed E-state index contributed by atoms with van der Waals surface area (Å²) in [4.78, 5) is 31.1. The molecule has 6 heteroatoms. The average Bonchev–Trinajstić information content (AvgIpc) is 2.73. The van der Waals surface area contributed by atoms with Crippen molar-refractivity contribution in [3.63, 3.8) is 0 Å². The third-order valence-electron chi connectivity index (χ3n) is 2.81. The number of hydrogen-bond acceptors (Lipinski definition) is 3. The number of aromatic amines is 1. The molecule has 0 aromatic carbocycles. The van der Waals surface area contributed by atoms with Gasteiger partial charge in [-0.1, -0.05) is 6.92 Å². The molecule has 1 atom stereocenters. The van der Waals surface area contributed by atoms with Crippen molar-refractivity contribution >= 4 is 11.9 Å². The fourth-order valence-electron chi connectivity index (χ4n) is 1.92. The molecule has 1 aromatic heterocycles. The summed E-state index contributed by atoms with van der Waals surface area (Å²) in [5.74, 6) is -1.12. The van der Waals surface area contributed by atoms with Crippen LogP contribution in [0.3, 0.4) is 0 Å². The fourth-order valence-corrected chi connectivity index (χ4v) is 1.92. The Morgan fingerprint density at radius 1 is 1.69 bits per heavy atom. The van der Waals surface area contributed by atoms with Gasteiger partial charge < -0.3 is 15.0 Å². The van der Waals surface area contributed by atoms with Crippen LogP contribution in [0, 0.1) is 0 Å². The first-order valence-electron chi connectivity index (χ1n) is 5.17. The number of carbonyl (C=O) groups excluding carboxylic acids is 1. The number of carboxylic acids is 1. The molecule has 0 fully saturated rings. The lowest BCUT2D eigenvalue weighted by Crippen LogP contribution is -2.48. The first-order chi connectivity index (χ1) is 7.63. The van der Waals surface area contributed by atoms with Crippen molar-refractivity contribution in [2.45, 2.75) is 32.4 Å². The van der Waals surface area contributed by atoms with Gasteiger partial charge in [-0.25, -0.2) is 9.78 Å². The van der Waals surface area contributed by atoms with Gasteiger partial charge in [0.25, 0.3) is 0 Å². The molecule has 2 rings (SSSR count). The van der Waals surface area contributed by atoms with Gasteiger partial charge in [-0.05, 0) is 0 Å². The summed E-state index contributed by atoms with van der Waals surface area (Å²) in [7, 11) is 0. The molecule has 1 aliphatic rings. The standard InChI is InChI=1S/C10H13N3O3/c1-2-9(14)13-4-7-6(11-5-12-7)3-8(13)10(15)16/h5,8H,2-4H2,1H3,(H,11,12)(H,15,16). The number of carbonyl (C=O) groups is 2. The van der Waals surface area contributed by atoms with Crippen molar-refractivity contribution in [1.29, 1.82) is 0 Å². The minimum Gasteiger partial charge on any atom is -0.480 e. The SMILES string of the molecule is CCC(=O)N1Cc2[nH]cnc2CC1C(=O)O. The predicted octanol–water partition coefficient (Wildman–Crippen LogP) is 0.158. The maximum Gasteiger partial charge on any atom is 0.326 e. The second-order valence-corrected chi connectivity index (χ2v) is 3.76. The summed E-state index contributed by atoms with van der Waals surface area (Å²) >= 11 is 0. The van der Waals surface area contributed by atoms with Crippen molar-refractivity contribution < 1.29 is 14.7 Å². The number of carboxylic acid groups (broad SMARTS) is 1. The van der Waals surface area contributed by atoms with Gasteiger partial charge in [-0.15, -0.1) is 0 Å². The molecular weight excluding hydrogens is 210 g/mol. The Hall–Kier alpha value is -1.85. The number of fused-ring (bicyclic) bond motifs is 1. The number of imidazole rings is 1. The number of nitrogens with one attached hydrogen (secondary N) is 1. The maximum absolute atomic E-state index is 11.6. The smallest absolute Gasteiger partial charge is 0.326 e. The van der Waals surface area contributed by atoms with Crippen LogP contribution in [0.15, 0.2) is 6.33 Å². The third kappa shape index (κ3) is 1.66. The Balaban J connectivity index is 2.30. The molecule has 16 heavy (non-hydrogen) atoms. The number of amides is 1.